The molecule has 0 aromatic carbocycles. The summed E-state index contributed by atoms with van der Waals surface area (Å²) in [4.78, 5) is 38.4. The van der Waals surface area contributed by atoms with E-state index in [0.29, 0.717) is 19.3 Å². The van der Waals surface area contributed by atoms with Gasteiger partial charge in [-0.15, -0.1) is 0 Å². The van der Waals surface area contributed by atoms with Crippen molar-refractivity contribution in [1.82, 2.24) is 0 Å². The molecule has 0 fully saturated rings. The molecule has 0 radical (unpaired) electrons. The number of esters is 3. The summed E-state index contributed by atoms with van der Waals surface area (Å²) in [6.07, 6.45) is 87.5. The Bertz CT molecular complexity index is 1480. The topological polar surface area (TPSA) is 78.9 Å². The zero-order valence-electron chi connectivity index (χ0n) is 51.7. The van der Waals surface area contributed by atoms with Crippen LogP contribution in [-0.2, 0) is 28.6 Å². The number of carbonyl (C=O) groups is 3. The van der Waals surface area contributed by atoms with Gasteiger partial charge in [0, 0.05) is 19.3 Å². The third-order valence-electron chi connectivity index (χ3n) is 14.6. The van der Waals surface area contributed by atoms with Crippen LogP contribution in [0.1, 0.15) is 335 Å². The summed E-state index contributed by atoms with van der Waals surface area (Å²) in [6, 6.07) is 0. The van der Waals surface area contributed by atoms with E-state index in [2.05, 4.69) is 106 Å². The predicted molar refractivity (Wildman–Crippen MR) is 339 cm³/mol. The van der Waals surface area contributed by atoms with Crippen molar-refractivity contribution in [1.29, 1.82) is 0 Å². The van der Waals surface area contributed by atoms with Crippen molar-refractivity contribution in [2.45, 2.75) is 341 Å². The summed E-state index contributed by atoms with van der Waals surface area (Å²) in [5.74, 6) is -0.936. The van der Waals surface area contributed by atoms with Gasteiger partial charge in [0.15, 0.2) is 6.10 Å². The first kappa shape index (κ1) is 74.6. The van der Waals surface area contributed by atoms with E-state index in [1.807, 2.05) is 0 Å². The van der Waals surface area contributed by atoms with Gasteiger partial charge in [-0.3, -0.25) is 14.4 Å². The quantitative estimate of drug-likeness (QED) is 0.0261. The average Bonchev–Trinajstić information content (AvgIpc) is 3.44. The molecule has 0 bridgehead atoms. The van der Waals surface area contributed by atoms with Gasteiger partial charge >= 0.3 is 17.9 Å². The third-order valence-corrected chi connectivity index (χ3v) is 14.6. The minimum absolute atomic E-state index is 0.0915. The van der Waals surface area contributed by atoms with E-state index >= 15 is 0 Å². The fourth-order valence-electron chi connectivity index (χ4n) is 9.63. The Labute approximate surface area is 484 Å². The van der Waals surface area contributed by atoms with Gasteiger partial charge < -0.3 is 14.2 Å². The second kappa shape index (κ2) is 66.1. The van der Waals surface area contributed by atoms with Gasteiger partial charge in [-0.1, -0.05) is 311 Å². The van der Waals surface area contributed by atoms with Crippen LogP contribution in [0.4, 0.5) is 0 Å². The fraction of sp³-hybridized carbons (Fsp3) is 0.764. The van der Waals surface area contributed by atoms with Crippen molar-refractivity contribution in [3.8, 4) is 0 Å². The maximum absolute atomic E-state index is 12.9. The lowest BCUT2D eigenvalue weighted by atomic mass is 10.0. The van der Waals surface area contributed by atoms with Crippen LogP contribution < -0.4 is 0 Å². The van der Waals surface area contributed by atoms with Crippen LogP contribution in [0.3, 0.4) is 0 Å². The maximum Gasteiger partial charge on any atom is 0.306 e. The van der Waals surface area contributed by atoms with E-state index in [0.717, 1.165) is 83.5 Å². The molecule has 1 atom stereocenters. The lowest BCUT2D eigenvalue weighted by molar-refractivity contribution is -0.167. The molecule has 0 heterocycles. The molecule has 0 aromatic heterocycles. The van der Waals surface area contributed by atoms with E-state index in [1.165, 1.54) is 205 Å². The van der Waals surface area contributed by atoms with E-state index < -0.39 is 6.10 Å². The molecule has 450 valence electrons. The van der Waals surface area contributed by atoms with Gasteiger partial charge in [-0.25, -0.2) is 0 Å². The minimum atomic E-state index is -0.800. The summed E-state index contributed by atoms with van der Waals surface area (Å²) < 4.78 is 16.9. The lowest BCUT2D eigenvalue weighted by Crippen LogP contribution is -2.30. The van der Waals surface area contributed by atoms with Crippen LogP contribution in [0.25, 0.3) is 0 Å². The summed E-state index contributed by atoms with van der Waals surface area (Å²) in [6.45, 7) is 6.51. The van der Waals surface area contributed by atoms with Crippen molar-refractivity contribution < 1.29 is 28.6 Å². The van der Waals surface area contributed by atoms with Crippen LogP contribution >= 0.6 is 0 Å². The lowest BCUT2D eigenvalue weighted by Gasteiger charge is -2.18. The average molecular weight is 1090 g/mol. The minimum Gasteiger partial charge on any atom is -0.462 e. The van der Waals surface area contributed by atoms with Gasteiger partial charge in [0.25, 0.3) is 0 Å². The highest BCUT2D eigenvalue weighted by atomic mass is 16.6. The first-order valence-electron chi connectivity index (χ1n) is 33.6. The highest BCUT2D eigenvalue weighted by Crippen LogP contribution is 2.17. The first-order chi connectivity index (χ1) is 38.5. The molecule has 0 N–H and O–H groups in total. The summed E-state index contributed by atoms with van der Waals surface area (Å²) in [5.41, 5.74) is 0. The van der Waals surface area contributed by atoms with Crippen LogP contribution in [-0.4, -0.2) is 37.2 Å². The summed E-state index contributed by atoms with van der Waals surface area (Å²) in [5, 5.41) is 0. The number of rotatable bonds is 61. The van der Waals surface area contributed by atoms with Gasteiger partial charge in [0.05, 0.1) is 0 Å². The molecule has 0 aromatic rings. The molecule has 0 saturated carbocycles. The largest absolute Gasteiger partial charge is 0.462 e. The highest BCUT2D eigenvalue weighted by molar-refractivity contribution is 5.71. The second-order valence-corrected chi connectivity index (χ2v) is 22.4. The molecule has 6 nitrogen and oxygen atoms in total. The first-order valence-corrected chi connectivity index (χ1v) is 33.6. The SMILES string of the molecule is CC/C=C\C/C=C\C/C=C\C/C=C\C/C=C\CCCC(=O)OCC(COC(=O)CCCCCCCCCCCCCCC/C=C\C/C=C\CCCCCCC)OC(=O)CCCCCCCCCCCCCCCCCCCC. The molecule has 6 heteroatoms. The molecule has 0 rings (SSSR count). The van der Waals surface area contributed by atoms with Crippen LogP contribution in [0.2, 0.25) is 0 Å². The number of hydrogen-bond donors (Lipinski definition) is 0. The van der Waals surface area contributed by atoms with E-state index in [1.54, 1.807) is 0 Å². The van der Waals surface area contributed by atoms with Gasteiger partial charge in [0.1, 0.15) is 13.2 Å². The molecule has 0 amide bonds. The maximum atomic E-state index is 12.9. The van der Waals surface area contributed by atoms with Gasteiger partial charge in [-0.05, 0) is 89.9 Å². The smallest absolute Gasteiger partial charge is 0.306 e. The highest BCUT2D eigenvalue weighted by Gasteiger charge is 2.19. The fourth-order valence-corrected chi connectivity index (χ4v) is 9.63. The number of unbranched alkanes of at least 4 members (excludes halogenated alkanes) is 36. The normalized spacial score (nSPS) is 12.6. The third kappa shape index (κ3) is 63.4. The van der Waals surface area contributed by atoms with Crippen molar-refractivity contribution >= 4 is 17.9 Å². The molecule has 0 aliphatic heterocycles. The molecule has 1 unspecified atom stereocenters. The van der Waals surface area contributed by atoms with Crippen molar-refractivity contribution in [3.63, 3.8) is 0 Å². The molecule has 78 heavy (non-hydrogen) atoms. The van der Waals surface area contributed by atoms with E-state index in [9.17, 15) is 14.4 Å². The van der Waals surface area contributed by atoms with Crippen LogP contribution in [0, 0.1) is 0 Å². The van der Waals surface area contributed by atoms with E-state index in [4.69, 9.17) is 14.2 Å². The van der Waals surface area contributed by atoms with Crippen molar-refractivity contribution in [2.24, 2.45) is 0 Å². The predicted octanol–water partition coefficient (Wildman–Crippen LogP) is 23.1. The number of hydrogen-bond acceptors (Lipinski definition) is 6. The molecule has 0 aliphatic carbocycles. The zero-order chi connectivity index (χ0) is 56.4. The number of ether oxygens (including phenoxy) is 3. The Morgan fingerprint density at radius 2 is 0.513 bits per heavy atom. The summed E-state index contributed by atoms with van der Waals surface area (Å²) >= 11 is 0. The van der Waals surface area contributed by atoms with Crippen LogP contribution in [0.5, 0.6) is 0 Å². The standard InChI is InChI=1S/C72H126O6/c1-4-7-10-13-16-19-22-25-28-31-33-34-35-36-37-38-39-42-44-47-50-53-56-59-62-65-71(74)77-68-69(67-76-70(73)64-61-58-55-52-49-46-43-40-30-27-24-21-18-15-12-9-6-3)78-72(75)66-63-60-57-54-51-48-45-41-32-29-26-23-20-17-14-11-8-5-2/h9,12,18,21-22,25,27,30-31,33,43,46,52,55,69H,4-8,10-11,13-17,19-20,23-24,26,28-29,32,34-42,44-45,47-51,53-54,56-68H2,1-3H3/b12-9-,21-18-,25-22-,30-27-,33-31-,46-43-,55-52-. The molecule has 0 aliphatic rings. The Hall–Kier alpha value is -3.41. The van der Waals surface area contributed by atoms with Crippen LogP contribution in [0.15, 0.2) is 85.1 Å². The Morgan fingerprint density at radius 3 is 0.833 bits per heavy atom. The molecule has 0 spiro atoms. The zero-order valence-corrected chi connectivity index (χ0v) is 51.7. The molecular weight excluding hydrogens is 961 g/mol. The Balaban J connectivity index is 4.37. The molecule has 0 saturated heterocycles. The number of carbonyl (C=O) groups excluding carboxylic acids is 3. The monoisotopic (exact) mass is 1090 g/mol. The second-order valence-electron chi connectivity index (χ2n) is 22.4. The van der Waals surface area contributed by atoms with Gasteiger partial charge in [-0.2, -0.15) is 0 Å². The molecular formula is C72H126O6. The van der Waals surface area contributed by atoms with Gasteiger partial charge in [0.2, 0.25) is 0 Å². The van der Waals surface area contributed by atoms with E-state index in [-0.39, 0.29) is 37.5 Å². The van der Waals surface area contributed by atoms with Crippen molar-refractivity contribution in [2.75, 3.05) is 13.2 Å². The number of allylic oxidation sites excluding steroid dienone is 14. The Kier molecular flexibility index (Phi) is 63.2. The van der Waals surface area contributed by atoms with Crippen molar-refractivity contribution in [3.05, 3.63) is 85.1 Å². The summed E-state index contributed by atoms with van der Waals surface area (Å²) in [7, 11) is 0. The Morgan fingerprint density at radius 1 is 0.269 bits per heavy atom.